The zero-order chi connectivity index (χ0) is 14.4. The van der Waals surface area contributed by atoms with Crippen molar-refractivity contribution in [3.63, 3.8) is 0 Å². The minimum Gasteiger partial charge on any atom is -0.426 e. The van der Waals surface area contributed by atoms with E-state index in [1.165, 1.54) is 32.1 Å². The summed E-state index contributed by atoms with van der Waals surface area (Å²) in [5, 5.41) is 1.59. The number of unbranched alkanes of at least 4 members (excludes halogenated alkanes) is 5. The first kappa shape index (κ1) is 15.3. The van der Waals surface area contributed by atoms with Gasteiger partial charge in [-0.05, 0) is 28.4 Å². The van der Waals surface area contributed by atoms with Gasteiger partial charge in [-0.2, -0.15) is 0 Å². The van der Waals surface area contributed by atoms with E-state index >= 15 is 0 Å². The molecule has 0 amide bonds. The van der Waals surface area contributed by atoms with Crippen LogP contribution in [0.4, 0.5) is 0 Å². The highest BCUT2D eigenvalue weighted by atomic mass is 79.9. The van der Waals surface area contributed by atoms with Gasteiger partial charge in [0.2, 0.25) is 0 Å². The molecule has 0 unspecified atom stereocenters. The fourth-order valence-corrected chi connectivity index (χ4v) is 3.07. The molecule has 0 atom stereocenters. The normalized spacial score (nSPS) is 11.1. The van der Waals surface area contributed by atoms with E-state index in [-0.39, 0.29) is 5.63 Å². The van der Waals surface area contributed by atoms with Crippen LogP contribution < -0.4 is 5.63 Å². The quantitative estimate of drug-likeness (QED) is 0.628. The molecule has 1 aromatic carbocycles. The van der Waals surface area contributed by atoms with Gasteiger partial charge in [-0.25, -0.2) is 4.79 Å². The first-order chi connectivity index (χ1) is 9.74. The van der Waals surface area contributed by atoms with Gasteiger partial charge in [-0.3, -0.25) is 0 Å². The molecule has 0 saturated carbocycles. The lowest BCUT2D eigenvalue weighted by Crippen LogP contribution is -2.03. The topological polar surface area (TPSA) is 30.2 Å². The van der Waals surface area contributed by atoms with Crippen LogP contribution in [0.1, 0.15) is 51.2 Å². The predicted octanol–water partition coefficient (Wildman–Crippen LogP) is 5.46. The molecule has 2 aromatic rings. The van der Waals surface area contributed by atoms with Crippen molar-refractivity contribution in [2.24, 2.45) is 0 Å². The van der Waals surface area contributed by atoms with Gasteiger partial charge in [0.25, 0.3) is 0 Å². The van der Waals surface area contributed by atoms with Crippen LogP contribution in [0.2, 0.25) is 0 Å². The van der Waals surface area contributed by atoms with Crippen LogP contribution in [-0.4, -0.2) is 0 Å². The molecule has 0 spiro atoms. The lowest BCUT2D eigenvalue weighted by Gasteiger charge is -2.06. The molecule has 0 radical (unpaired) electrons. The fourth-order valence-electron chi connectivity index (χ4n) is 2.44. The highest BCUT2D eigenvalue weighted by molar-refractivity contribution is 9.10. The third-order valence-electron chi connectivity index (χ3n) is 3.60. The Balaban J connectivity index is 2.04. The Bertz CT molecular complexity index is 616. The van der Waals surface area contributed by atoms with Gasteiger partial charge >= 0.3 is 5.63 Å². The molecule has 1 heterocycles. The van der Waals surface area contributed by atoms with Crippen LogP contribution in [-0.2, 0) is 6.42 Å². The monoisotopic (exact) mass is 336 g/mol. The van der Waals surface area contributed by atoms with E-state index in [0.29, 0.717) is 5.39 Å². The highest BCUT2D eigenvalue weighted by Gasteiger charge is 2.10. The van der Waals surface area contributed by atoms with Crippen molar-refractivity contribution < 1.29 is 4.42 Å². The molecule has 0 bridgehead atoms. The van der Waals surface area contributed by atoms with Crippen molar-refractivity contribution in [1.82, 2.24) is 0 Å². The van der Waals surface area contributed by atoms with Crippen molar-refractivity contribution in [2.75, 3.05) is 0 Å². The second-order valence-corrected chi connectivity index (χ2v) is 5.98. The minimum atomic E-state index is -0.232. The van der Waals surface area contributed by atoms with Crippen molar-refractivity contribution in [2.45, 2.75) is 51.9 Å². The lowest BCUT2D eigenvalue weighted by atomic mass is 10.1. The van der Waals surface area contributed by atoms with Gasteiger partial charge in [0.1, 0.15) is 5.76 Å². The van der Waals surface area contributed by atoms with E-state index in [1.54, 1.807) is 6.07 Å². The molecule has 0 fully saturated rings. The molecule has 0 aliphatic carbocycles. The molecule has 0 aliphatic heterocycles. The van der Waals surface area contributed by atoms with Gasteiger partial charge in [0.15, 0.2) is 0 Å². The van der Waals surface area contributed by atoms with Gasteiger partial charge in [0.05, 0.1) is 9.86 Å². The maximum absolute atomic E-state index is 11.9. The largest absolute Gasteiger partial charge is 0.426 e. The Morgan fingerprint density at radius 2 is 1.65 bits per heavy atom. The molecule has 3 heteroatoms. The summed E-state index contributed by atoms with van der Waals surface area (Å²) in [4.78, 5) is 11.9. The number of benzene rings is 1. The third-order valence-corrected chi connectivity index (χ3v) is 4.47. The van der Waals surface area contributed by atoms with Crippen LogP contribution >= 0.6 is 15.9 Å². The summed E-state index contributed by atoms with van der Waals surface area (Å²) in [6.45, 7) is 2.22. The first-order valence-electron chi connectivity index (χ1n) is 7.44. The summed E-state index contributed by atoms with van der Waals surface area (Å²) >= 11 is 3.58. The van der Waals surface area contributed by atoms with E-state index in [1.807, 2.05) is 18.2 Å². The van der Waals surface area contributed by atoms with E-state index in [2.05, 4.69) is 22.9 Å². The number of rotatable bonds is 7. The Morgan fingerprint density at radius 3 is 2.40 bits per heavy atom. The summed E-state index contributed by atoms with van der Waals surface area (Å²) in [6, 6.07) is 7.57. The maximum Gasteiger partial charge on any atom is 0.343 e. The summed E-state index contributed by atoms with van der Waals surface area (Å²) in [7, 11) is 0. The Morgan fingerprint density at radius 1 is 1.00 bits per heavy atom. The maximum atomic E-state index is 11.9. The van der Waals surface area contributed by atoms with Crippen molar-refractivity contribution in [3.05, 3.63) is 44.9 Å². The SMILES string of the molecule is CCCCCCCCc1oc(=O)c2ccccc2c1Br. The number of aryl methyl sites for hydroxylation is 1. The summed E-state index contributed by atoms with van der Waals surface area (Å²) in [6.07, 6.45) is 8.25. The summed E-state index contributed by atoms with van der Waals surface area (Å²) in [5.41, 5.74) is -0.232. The van der Waals surface area contributed by atoms with E-state index < -0.39 is 0 Å². The van der Waals surface area contributed by atoms with Crippen LogP contribution in [0.5, 0.6) is 0 Å². The average Bonchev–Trinajstić information content (AvgIpc) is 2.47. The number of fused-ring (bicyclic) bond motifs is 1. The minimum absolute atomic E-state index is 0.232. The number of halogens is 1. The van der Waals surface area contributed by atoms with E-state index in [9.17, 15) is 4.79 Å². The molecule has 2 rings (SSSR count). The molecular weight excluding hydrogens is 316 g/mol. The second kappa shape index (κ2) is 7.63. The Kier molecular flexibility index (Phi) is 5.84. The molecule has 0 saturated heterocycles. The average molecular weight is 337 g/mol. The molecule has 2 nitrogen and oxygen atoms in total. The van der Waals surface area contributed by atoms with E-state index in [4.69, 9.17) is 4.42 Å². The third kappa shape index (κ3) is 3.72. The lowest BCUT2D eigenvalue weighted by molar-refractivity contribution is 0.451. The van der Waals surface area contributed by atoms with Crippen molar-refractivity contribution in [3.8, 4) is 0 Å². The first-order valence-corrected chi connectivity index (χ1v) is 8.23. The zero-order valence-corrected chi connectivity index (χ0v) is 13.5. The zero-order valence-electron chi connectivity index (χ0n) is 12.0. The Labute approximate surface area is 128 Å². The summed E-state index contributed by atoms with van der Waals surface area (Å²) in [5.74, 6) is 0.782. The van der Waals surface area contributed by atoms with Crippen LogP contribution in [0, 0.1) is 0 Å². The second-order valence-electron chi connectivity index (χ2n) is 5.19. The van der Waals surface area contributed by atoms with Gasteiger partial charge in [-0.15, -0.1) is 0 Å². The molecule has 20 heavy (non-hydrogen) atoms. The molecular formula is C17H21BrO2. The smallest absolute Gasteiger partial charge is 0.343 e. The predicted molar refractivity (Wildman–Crippen MR) is 87.3 cm³/mol. The Hall–Kier alpha value is -1.09. The number of hydrogen-bond acceptors (Lipinski definition) is 2. The standard InChI is InChI=1S/C17H21BrO2/c1-2-3-4-5-6-7-12-15-16(18)13-10-8-9-11-14(13)17(19)20-15/h8-11H,2-7,12H2,1H3. The van der Waals surface area contributed by atoms with Gasteiger partial charge in [-0.1, -0.05) is 57.2 Å². The molecule has 0 N–H and O–H groups in total. The molecule has 1 aromatic heterocycles. The van der Waals surface area contributed by atoms with Gasteiger partial charge < -0.3 is 4.42 Å². The highest BCUT2D eigenvalue weighted by Crippen LogP contribution is 2.26. The van der Waals surface area contributed by atoms with Gasteiger partial charge in [0, 0.05) is 11.8 Å². The molecule has 108 valence electrons. The molecule has 0 aliphatic rings. The fraction of sp³-hybridized carbons (Fsp3) is 0.471. The van der Waals surface area contributed by atoms with Crippen LogP contribution in [0.15, 0.2) is 37.9 Å². The number of hydrogen-bond donors (Lipinski definition) is 0. The van der Waals surface area contributed by atoms with Crippen molar-refractivity contribution >= 4 is 26.7 Å². The van der Waals surface area contributed by atoms with Crippen molar-refractivity contribution in [1.29, 1.82) is 0 Å². The summed E-state index contributed by atoms with van der Waals surface area (Å²) < 4.78 is 6.38. The van der Waals surface area contributed by atoms with Crippen LogP contribution in [0.25, 0.3) is 10.8 Å². The van der Waals surface area contributed by atoms with E-state index in [0.717, 1.165) is 28.5 Å². The van der Waals surface area contributed by atoms with Crippen LogP contribution in [0.3, 0.4) is 0 Å².